The number of carbonyl (C=O) groups excluding carboxylic acids is 1. The summed E-state index contributed by atoms with van der Waals surface area (Å²) in [5.41, 5.74) is 0. The van der Waals surface area contributed by atoms with Gasteiger partial charge in [0, 0.05) is 6.04 Å². The molecule has 1 fully saturated rings. The highest BCUT2D eigenvalue weighted by molar-refractivity contribution is 5.73. The third kappa shape index (κ3) is 1.67. The molecule has 1 aliphatic carbocycles. The van der Waals surface area contributed by atoms with E-state index in [-0.39, 0.29) is 17.9 Å². The van der Waals surface area contributed by atoms with Gasteiger partial charge in [0.2, 0.25) is 0 Å². The van der Waals surface area contributed by atoms with Crippen molar-refractivity contribution in [1.29, 1.82) is 5.26 Å². The molecule has 0 spiro atoms. The number of esters is 1. The molecule has 0 aromatic carbocycles. The van der Waals surface area contributed by atoms with Gasteiger partial charge < -0.3 is 10.1 Å². The van der Waals surface area contributed by atoms with E-state index in [1.165, 1.54) is 7.11 Å². The summed E-state index contributed by atoms with van der Waals surface area (Å²) in [5, 5.41) is 11.0. The molecule has 0 saturated heterocycles. The van der Waals surface area contributed by atoms with E-state index in [2.05, 4.69) is 10.1 Å². The van der Waals surface area contributed by atoms with E-state index >= 15 is 0 Å². The Labute approximate surface area is 71.5 Å². The number of hydrogen-bond donors (Lipinski definition) is 1. The molecule has 0 heterocycles. The molecule has 1 saturated carbocycles. The van der Waals surface area contributed by atoms with E-state index in [1.807, 2.05) is 6.19 Å². The van der Waals surface area contributed by atoms with Crippen LogP contribution in [0.1, 0.15) is 19.3 Å². The first kappa shape index (κ1) is 8.85. The van der Waals surface area contributed by atoms with Crippen LogP contribution in [0.2, 0.25) is 0 Å². The van der Waals surface area contributed by atoms with Crippen LogP contribution in [0.5, 0.6) is 0 Å². The third-order valence-electron chi connectivity index (χ3n) is 2.27. The minimum atomic E-state index is -0.208. The topological polar surface area (TPSA) is 62.1 Å². The highest BCUT2D eigenvalue weighted by atomic mass is 16.5. The van der Waals surface area contributed by atoms with Crippen LogP contribution in [-0.4, -0.2) is 19.1 Å². The number of ether oxygens (including phenoxy) is 1. The summed E-state index contributed by atoms with van der Waals surface area (Å²) in [6, 6.07) is -0.0116. The Morgan fingerprint density at radius 3 is 3.00 bits per heavy atom. The maximum Gasteiger partial charge on any atom is 0.310 e. The van der Waals surface area contributed by atoms with Crippen molar-refractivity contribution in [1.82, 2.24) is 5.32 Å². The number of nitrogens with one attached hydrogen (secondary N) is 1. The molecule has 2 atom stereocenters. The lowest BCUT2D eigenvalue weighted by Gasteiger charge is -2.14. The molecular weight excluding hydrogens is 156 g/mol. The second kappa shape index (κ2) is 3.96. The van der Waals surface area contributed by atoms with Crippen LogP contribution < -0.4 is 5.32 Å². The third-order valence-corrected chi connectivity index (χ3v) is 2.27. The highest BCUT2D eigenvalue weighted by Crippen LogP contribution is 2.26. The van der Waals surface area contributed by atoms with Crippen LogP contribution in [-0.2, 0) is 9.53 Å². The zero-order valence-electron chi connectivity index (χ0n) is 7.04. The summed E-state index contributed by atoms with van der Waals surface area (Å²) in [6.07, 6.45) is 4.55. The average molecular weight is 168 g/mol. The highest BCUT2D eigenvalue weighted by Gasteiger charge is 2.33. The van der Waals surface area contributed by atoms with Crippen molar-refractivity contribution in [2.45, 2.75) is 25.3 Å². The second-order valence-corrected chi connectivity index (χ2v) is 2.92. The Morgan fingerprint density at radius 2 is 2.42 bits per heavy atom. The molecule has 0 aliphatic heterocycles. The van der Waals surface area contributed by atoms with Crippen molar-refractivity contribution >= 4 is 5.97 Å². The van der Waals surface area contributed by atoms with E-state index in [1.54, 1.807) is 0 Å². The molecule has 0 radical (unpaired) electrons. The van der Waals surface area contributed by atoms with Crippen LogP contribution in [0.15, 0.2) is 0 Å². The first-order valence-corrected chi connectivity index (χ1v) is 4.02. The molecule has 12 heavy (non-hydrogen) atoms. The molecule has 0 aromatic rings. The maximum absolute atomic E-state index is 11.1. The molecule has 0 amide bonds. The smallest absolute Gasteiger partial charge is 0.310 e. The predicted molar refractivity (Wildman–Crippen MR) is 41.9 cm³/mol. The summed E-state index contributed by atoms with van der Waals surface area (Å²) in [4.78, 5) is 11.1. The second-order valence-electron chi connectivity index (χ2n) is 2.92. The Morgan fingerprint density at radius 1 is 1.67 bits per heavy atom. The van der Waals surface area contributed by atoms with Gasteiger partial charge >= 0.3 is 5.97 Å². The predicted octanol–water partition coefficient (Wildman–Crippen LogP) is 0.399. The molecule has 0 bridgehead atoms. The van der Waals surface area contributed by atoms with Gasteiger partial charge in [-0.3, -0.25) is 4.79 Å². The minimum Gasteiger partial charge on any atom is -0.469 e. The zero-order valence-corrected chi connectivity index (χ0v) is 7.04. The number of nitriles is 1. The quantitative estimate of drug-likeness (QED) is 0.368. The van der Waals surface area contributed by atoms with Crippen molar-refractivity contribution in [3.8, 4) is 6.19 Å². The van der Waals surface area contributed by atoms with E-state index < -0.39 is 0 Å². The van der Waals surface area contributed by atoms with Crippen molar-refractivity contribution in [3.63, 3.8) is 0 Å². The molecular formula is C8H12N2O2. The summed E-state index contributed by atoms with van der Waals surface area (Å²) < 4.78 is 4.62. The molecule has 4 nitrogen and oxygen atoms in total. The number of nitrogens with zero attached hydrogens (tertiary/aromatic N) is 1. The van der Waals surface area contributed by atoms with Gasteiger partial charge in [-0.15, -0.1) is 0 Å². The first-order chi connectivity index (χ1) is 5.79. The van der Waals surface area contributed by atoms with Gasteiger partial charge in [-0.05, 0) is 12.8 Å². The van der Waals surface area contributed by atoms with Crippen LogP contribution >= 0.6 is 0 Å². The number of carbonyl (C=O) groups is 1. The fourth-order valence-electron chi connectivity index (χ4n) is 1.65. The van der Waals surface area contributed by atoms with E-state index in [4.69, 9.17) is 5.26 Å². The SMILES string of the molecule is COC(=O)[C@@H]1CCC[C@@H]1NC#N. The summed E-state index contributed by atoms with van der Waals surface area (Å²) >= 11 is 0. The molecule has 66 valence electrons. The van der Waals surface area contributed by atoms with Crippen LogP contribution in [0, 0.1) is 17.4 Å². The summed E-state index contributed by atoms with van der Waals surface area (Å²) in [5.74, 6) is -0.338. The molecule has 1 aliphatic rings. The van der Waals surface area contributed by atoms with Gasteiger partial charge in [-0.1, -0.05) is 6.42 Å². The number of rotatable bonds is 2. The lowest BCUT2D eigenvalue weighted by molar-refractivity contribution is -0.145. The van der Waals surface area contributed by atoms with Crippen molar-refractivity contribution < 1.29 is 9.53 Å². The van der Waals surface area contributed by atoms with Gasteiger partial charge in [0.25, 0.3) is 0 Å². The molecule has 0 unspecified atom stereocenters. The van der Waals surface area contributed by atoms with Crippen molar-refractivity contribution in [3.05, 3.63) is 0 Å². The Balaban J connectivity index is 2.52. The van der Waals surface area contributed by atoms with Crippen LogP contribution in [0.4, 0.5) is 0 Å². The van der Waals surface area contributed by atoms with Gasteiger partial charge in [0.05, 0.1) is 13.0 Å². The first-order valence-electron chi connectivity index (χ1n) is 4.02. The Hall–Kier alpha value is -1.24. The van der Waals surface area contributed by atoms with Gasteiger partial charge in [0.1, 0.15) is 0 Å². The number of methoxy groups -OCH3 is 1. The minimum absolute atomic E-state index is 0.0116. The van der Waals surface area contributed by atoms with Crippen molar-refractivity contribution in [2.24, 2.45) is 5.92 Å². The number of hydrogen-bond acceptors (Lipinski definition) is 4. The monoisotopic (exact) mass is 168 g/mol. The van der Waals surface area contributed by atoms with Gasteiger partial charge in [0.15, 0.2) is 6.19 Å². The maximum atomic E-state index is 11.1. The fourth-order valence-corrected chi connectivity index (χ4v) is 1.65. The molecule has 0 aromatic heterocycles. The van der Waals surface area contributed by atoms with Crippen molar-refractivity contribution in [2.75, 3.05) is 7.11 Å². The lowest BCUT2D eigenvalue weighted by atomic mass is 10.0. The molecule has 4 heteroatoms. The Bertz CT molecular complexity index is 210. The fraction of sp³-hybridized carbons (Fsp3) is 0.750. The zero-order chi connectivity index (χ0) is 8.97. The van der Waals surface area contributed by atoms with Gasteiger partial charge in [-0.25, -0.2) is 0 Å². The van der Waals surface area contributed by atoms with Crippen LogP contribution in [0.3, 0.4) is 0 Å². The Kier molecular flexibility index (Phi) is 2.92. The lowest BCUT2D eigenvalue weighted by Crippen LogP contribution is -2.33. The van der Waals surface area contributed by atoms with E-state index in [0.29, 0.717) is 0 Å². The average Bonchev–Trinajstić information content (AvgIpc) is 2.52. The molecule has 1 N–H and O–H groups in total. The van der Waals surface area contributed by atoms with Crippen LogP contribution in [0.25, 0.3) is 0 Å². The summed E-state index contributed by atoms with van der Waals surface area (Å²) in [7, 11) is 1.38. The standard InChI is InChI=1S/C8H12N2O2/c1-12-8(11)6-3-2-4-7(6)10-5-9/h6-7,10H,2-4H2,1H3/t6-,7+/m1/s1. The largest absolute Gasteiger partial charge is 0.469 e. The van der Waals surface area contributed by atoms with E-state index in [9.17, 15) is 4.79 Å². The van der Waals surface area contributed by atoms with E-state index in [0.717, 1.165) is 19.3 Å². The normalized spacial score (nSPS) is 27.7. The van der Waals surface area contributed by atoms with Gasteiger partial charge in [-0.2, -0.15) is 5.26 Å². The summed E-state index contributed by atoms with van der Waals surface area (Å²) in [6.45, 7) is 0. The molecule has 1 rings (SSSR count).